The fourth-order valence-corrected chi connectivity index (χ4v) is 2.56. The van der Waals surface area contributed by atoms with Gasteiger partial charge in [0.25, 0.3) is 0 Å². The van der Waals surface area contributed by atoms with E-state index in [0.29, 0.717) is 18.7 Å². The molecule has 5 heteroatoms. The molecule has 2 aromatic rings. The van der Waals surface area contributed by atoms with Gasteiger partial charge >= 0.3 is 0 Å². The Bertz CT molecular complexity index is 723. The molecular formula is C21H29FN4. The van der Waals surface area contributed by atoms with E-state index in [1.165, 1.54) is 11.1 Å². The summed E-state index contributed by atoms with van der Waals surface area (Å²) in [6.07, 6.45) is 0. The van der Waals surface area contributed by atoms with Crippen LogP contribution in [0.25, 0.3) is 0 Å². The van der Waals surface area contributed by atoms with Crippen molar-refractivity contribution in [2.45, 2.75) is 33.5 Å². The van der Waals surface area contributed by atoms with E-state index in [1.54, 1.807) is 19.1 Å². The highest BCUT2D eigenvalue weighted by Gasteiger charge is 2.02. The second-order valence-electron chi connectivity index (χ2n) is 6.69. The summed E-state index contributed by atoms with van der Waals surface area (Å²) in [6, 6.07) is 13.8. The Hall–Kier alpha value is -2.40. The summed E-state index contributed by atoms with van der Waals surface area (Å²) < 4.78 is 13.7. The van der Waals surface area contributed by atoms with Crippen LogP contribution >= 0.6 is 0 Å². The van der Waals surface area contributed by atoms with Gasteiger partial charge in [-0.2, -0.15) is 0 Å². The molecule has 0 aliphatic rings. The predicted molar refractivity (Wildman–Crippen MR) is 107 cm³/mol. The molecule has 2 aromatic carbocycles. The lowest BCUT2D eigenvalue weighted by Gasteiger charge is -2.13. The molecule has 0 unspecified atom stereocenters. The Morgan fingerprint density at radius 1 is 1.00 bits per heavy atom. The van der Waals surface area contributed by atoms with E-state index in [2.05, 4.69) is 58.9 Å². The van der Waals surface area contributed by atoms with Crippen molar-refractivity contribution in [1.29, 1.82) is 0 Å². The summed E-state index contributed by atoms with van der Waals surface area (Å²) in [5.74, 6) is 0.541. The number of guanidine groups is 1. The molecule has 140 valence electrons. The molecule has 26 heavy (non-hydrogen) atoms. The lowest BCUT2D eigenvalue weighted by Crippen LogP contribution is -2.36. The minimum Gasteiger partial charge on any atom is -0.357 e. The normalized spacial score (nSPS) is 11.7. The summed E-state index contributed by atoms with van der Waals surface area (Å²) in [6.45, 7) is 6.63. The fourth-order valence-electron chi connectivity index (χ4n) is 2.56. The molecule has 0 fully saturated rings. The van der Waals surface area contributed by atoms with Crippen LogP contribution in [0.4, 0.5) is 4.39 Å². The number of hydrogen-bond acceptors (Lipinski definition) is 2. The van der Waals surface area contributed by atoms with Crippen LogP contribution in [0.2, 0.25) is 0 Å². The van der Waals surface area contributed by atoms with Crippen LogP contribution in [-0.2, 0) is 19.6 Å². The van der Waals surface area contributed by atoms with E-state index >= 15 is 0 Å². The standard InChI is InChI=1S/C21H29FN4/c1-5-23-21(25-14-19-7-6-16(2)20(22)12-19)24-13-17-8-10-18(11-9-17)15-26(3)4/h6-12H,5,13-15H2,1-4H3,(H2,23,24,25). The van der Waals surface area contributed by atoms with Crippen LogP contribution in [0, 0.1) is 12.7 Å². The first-order valence-corrected chi connectivity index (χ1v) is 8.97. The van der Waals surface area contributed by atoms with Crippen LogP contribution in [0.5, 0.6) is 0 Å². The second-order valence-corrected chi connectivity index (χ2v) is 6.69. The van der Waals surface area contributed by atoms with Crippen LogP contribution in [0.1, 0.15) is 29.2 Å². The number of rotatable bonds is 7. The number of halogens is 1. The van der Waals surface area contributed by atoms with Gasteiger partial charge in [0.1, 0.15) is 5.82 Å². The zero-order chi connectivity index (χ0) is 18.9. The van der Waals surface area contributed by atoms with Gasteiger partial charge in [-0.05, 0) is 56.3 Å². The predicted octanol–water partition coefficient (Wildman–Crippen LogP) is 3.45. The quantitative estimate of drug-likeness (QED) is 0.590. The highest BCUT2D eigenvalue weighted by atomic mass is 19.1. The molecular weight excluding hydrogens is 327 g/mol. The number of benzene rings is 2. The van der Waals surface area contributed by atoms with Gasteiger partial charge in [-0.1, -0.05) is 36.4 Å². The van der Waals surface area contributed by atoms with Crippen molar-refractivity contribution < 1.29 is 4.39 Å². The van der Waals surface area contributed by atoms with E-state index < -0.39 is 0 Å². The number of aliphatic imine (C=N–C) groups is 1. The maximum Gasteiger partial charge on any atom is 0.191 e. The Balaban J connectivity index is 1.95. The largest absolute Gasteiger partial charge is 0.357 e. The van der Waals surface area contributed by atoms with Crippen molar-refractivity contribution >= 4 is 5.96 Å². The third-order valence-electron chi connectivity index (χ3n) is 3.98. The molecule has 0 amide bonds. The number of nitrogens with one attached hydrogen (secondary N) is 2. The maximum atomic E-state index is 13.7. The van der Waals surface area contributed by atoms with Gasteiger partial charge in [0.05, 0.1) is 6.54 Å². The van der Waals surface area contributed by atoms with Gasteiger partial charge in [0, 0.05) is 19.6 Å². The summed E-state index contributed by atoms with van der Waals surface area (Å²) >= 11 is 0. The smallest absolute Gasteiger partial charge is 0.191 e. The fraction of sp³-hybridized carbons (Fsp3) is 0.381. The molecule has 0 aromatic heterocycles. The van der Waals surface area contributed by atoms with E-state index in [1.807, 2.05) is 13.0 Å². The Morgan fingerprint density at radius 3 is 2.27 bits per heavy atom. The van der Waals surface area contributed by atoms with E-state index in [0.717, 1.165) is 24.6 Å². The highest BCUT2D eigenvalue weighted by Crippen LogP contribution is 2.10. The van der Waals surface area contributed by atoms with Gasteiger partial charge in [-0.3, -0.25) is 0 Å². The molecule has 2 N–H and O–H groups in total. The molecule has 0 saturated carbocycles. The van der Waals surface area contributed by atoms with Crippen LogP contribution in [0.3, 0.4) is 0 Å². The van der Waals surface area contributed by atoms with E-state index in [9.17, 15) is 4.39 Å². The van der Waals surface area contributed by atoms with Gasteiger partial charge in [-0.15, -0.1) is 0 Å². The zero-order valence-corrected chi connectivity index (χ0v) is 16.1. The molecule has 0 bridgehead atoms. The summed E-state index contributed by atoms with van der Waals surface area (Å²) in [4.78, 5) is 6.70. The summed E-state index contributed by atoms with van der Waals surface area (Å²) in [7, 11) is 4.13. The van der Waals surface area contributed by atoms with Gasteiger partial charge < -0.3 is 15.5 Å². The minimum atomic E-state index is -0.187. The lowest BCUT2D eigenvalue weighted by atomic mass is 10.1. The second kappa shape index (κ2) is 9.92. The molecule has 0 radical (unpaired) electrons. The molecule has 0 aliphatic heterocycles. The van der Waals surface area contributed by atoms with E-state index in [-0.39, 0.29) is 5.82 Å². The van der Waals surface area contributed by atoms with Crippen molar-refractivity contribution in [2.24, 2.45) is 4.99 Å². The van der Waals surface area contributed by atoms with Gasteiger partial charge in [-0.25, -0.2) is 9.38 Å². The monoisotopic (exact) mass is 356 g/mol. The lowest BCUT2D eigenvalue weighted by molar-refractivity contribution is 0.402. The van der Waals surface area contributed by atoms with Crippen LogP contribution < -0.4 is 10.6 Å². The molecule has 0 heterocycles. The van der Waals surface area contributed by atoms with Crippen LogP contribution in [0.15, 0.2) is 47.5 Å². The van der Waals surface area contributed by atoms with Crippen molar-refractivity contribution in [2.75, 3.05) is 20.6 Å². The molecule has 0 aliphatic carbocycles. The number of hydrogen-bond donors (Lipinski definition) is 2. The summed E-state index contributed by atoms with van der Waals surface area (Å²) in [5.41, 5.74) is 4.00. The minimum absolute atomic E-state index is 0.187. The van der Waals surface area contributed by atoms with Crippen molar-refractivity contribution in [1.82, 2.24) is 15.5 Å². The molecule has 0 atom stereocenters. The molecule has 4 nitrogen and oxygen atoms in total. The van der Waals surface area contributed by atoms with Gasteiger partial charge in [0.2, 0.25) is 0 Å². The Labute approximate surface area is 156 Å². The first-order valence-electron chi connectivity index (χ1n) is 8.97. The SMILES string of the molecule is CCNC(=NCc1ccc(C)c(F)c1)NCc1ccc(CN(C)C)cc1. The van der Waals surface area contributed by atoms with Crippen molar-refractivity contribution in [3.05, 3.63) is 70.5 Å². The number of aryl methyl sites for hydroxylation is 1. The average Bonchev–Trinajstić information content (AvgIpc) is 2.61. The summed E-state index contributed by atoms with van der Waals surface area (Å²) in [5, 5.41) is 6.55. The first kappa shape index (κ1) is 19.9. The zero-order valence-electron chi connectivity index (χ0n) is 16.1. The van der Waals surface area contributed by atoms with Gasteiger partial charge in [0.15, 0.2) is 5.96 Å². The third kappa shape index (κ3) is 6.48. The number of nitrogens with zero attached hydrogens (tertiary/aromatic N) is 2. The molecule has 0 saturated heterocycles. The Morgan fingerprint density at radius 2 is 1.65 bits per heavy atom. The van der Waals surface area contributed by atoms with Crippen molar-refractivity contribution in [3.8, 4) is 0 Å². The average molecular weight is 356 g/mol. The van der Waals surface area contributed by atoms with Crippen LogP contribution in [-0.4, -0.2) is 31.5 Å². The van der Waals surface area contributed by atoms with Crippen molar-refractivity contribution in [3.63, 3.8) is 0 Å². The molecule has 0 spiro atoms. The highest BCUT2D eigenvalue weighted by molar-refractivity contribution is 5.79. The maximum absolute atomic E-state index is 13.7. The topological polar surface area (TPSA) is 39.7 Å². The van der Waals surface area contributed by atoms with E-state index in [4.69, 9.17) is 0 Å². The Kier molecular flexibility index (Phi) is 7.60. The first-order chi connectivity index (χ1) is 12.5. The third-order valence-corrected chi connectivity index (χ3v) is 3.98. The molecule has 2 rings (SSSR count).